The van der Waals surface area contributed by atoms with E-state index in [-0.39, 0.29) is 12.5 Å². The summed E-state index contributed by atoms with van der Waals surface area (Å²) in [6, 6.07) is 7.44. The van der Waals surface area contributed by atoms with Crippen molar-refractivity contribution in [2.24, 2.45) is 5.92 Å². The van der Waals surface area contributed by atoms with E-state index in [1.165, 1.54) is 0 Å². The van der Waals surface area contributed by atoms with Crippen LogP contribution in [-0.2, 0) is 0 Å². The van der Waals surface area contributed by atoms with Crippen LogP contribution in [0.1, 0.15) is 44.0 Å². The lowest BCUT2D eigenvalue weighted by Crippen LogP contribution is -2.40. The van der Waals surface area contributed by atoms with Gasteiger partial charge in [-0.2, -0.15) is 0 Å². The summed E-state index contributed by atoms with van der Waals surface area (Å²) in [6.45, 7) is 6.29. The number of carbonyl (C=O) groups excluding carboxylic acids is 1. The molecule has 1 unspecified atom stereocenters. The van der Waals surface area contributed by atoms with Crippen LogP contribution in [0.15, 0.2) is 24.3 Å². The van der Waals surface area contributed by atoms with E-state index in [1.54, 1.807) is 13.0 Å². The van der Waals surface area contributed by atoms with E-state index in [2.05, 4.69) is 19.2 Å². The summed E-state index contributed by atoms with van der Waals surface area (Å²) in [4.78, 5) is 14.1. The first-order valence-electron chi connectivity index (χ1n) is 7.49. The molecule has 118 valence electrons. The summed E-state index contributed by atoms with van der Waals surface area (Å²) >= 11 is 0. The molecule has 0 aliphatic rings. The number of anilines is 1. The zero-order chi connectivity index (χ0) is 16.0. The lowest BCUT2D eigenvalue weighted by Gasteiger charge is -2.24. The topological polar surface area (TPSA) is 52.6 Å². The molecule has 0 aromatic heterocycles. The summed E-state index contributed by atoms with van der Waals surface area (Å²) in [5, 5.41) is 13.1. The molecule has 0 heterocycles. The summed E-state index contributed by atoms with van der Waals surface area (Å²) in [5.74, 6) is 0.396. The van der Waals surface area contributed by atoms with Gasteiger partial charge < -0.3 is 15.3 Å². The van der Waals surface area contributed by atoms with Gasteiger partial charge in [0.15, 0.2) is 0 Å². The largest absolute Gasteiger partial charge is 0.388 e. The molecule has 0 aliphatic carbocycles. The molecule has 0 saturated carbocycles. The predicted molar refractivity (Wildman–Crippen MR) is 87.8 cm³/mol. The molecule has 0 saturated heterocycles. The van der Waals surface area contributed by atoms with Crippen LogP contribution in [0.4, 0.5) is 5.69 Å². The van der Waals surface area contributed by atoms with Crippen molar-refractivity contribution in [1.82, 2.24) is 5.32 Å². The van der Waals surface area contributed by atoms with Crippen molar-refractivity contribution >= 4 is 11.6 Å². The predicted octanol–water partition coefficient (Wildman–Crippen LogP) is 2.67. The van der Waals surface area contributed by atoms with Gasteiger partial charge in [-0.15, -0.1) is 0 Å². The van der Waals surface area contributed by atoms with E-state index in [9.17, 15) is 9.90 Å². The maximum absolute atomic E-state index is 12.2. The SMILES string of the molecule is CC(C)CCC(C)(O)CNC(=O)c1cccc(N(C)C)c1. The highest BCUT2D eigenvalue weighted by Crippen LogP contribution is 2.16. The van der Waals surface area contributed by atoms with Gasteiger partial charge in [0, 0.05) is 31.9 Å². The minimum absolute atomic E-state index is 0.150. The van der Waals surface area contributed by atoms with Gasteiger partial charge in [-0.05, 0) is 43.9 Å². The fourth-order valence-corrected chi connectivity index (χ4v) is 1.99. The second kappa shape index (κ2) is 7.46. The van der Waals surface area contributed by atoms with Gasteiger partial charge in [-0.25, -0.2) is 0 Å². The maximum Gasteiger partial charge on any atom is 0.251 e. The Morgan fingerprint density at radius 1 is 1.38 bits per heavy atom. The number of rotatable bonds is 7. The third kappa shape index (κ3) is 6.17. The zero-order valence-electron chi connectivity index (χ0n) is 13.8. The van der Waals surface area contributed by atoms with Crippen LogP contribution in [-0.4, -0.2) is 37.3 Å². The molecule has 0 aliphatic heterocycles. The van der Waals surface area contributed by atoms with E-state index in [0.717, 1.165) is 12.1 Å². The molecular weight excluding hydrogens is 264 g/mol. The molecule has 0 spiro atoms. The Balaban J connectivity index is 2.59. The number of benzene rings is 1. The minimum Gasteiger partial charge on any atom is -0.388 e. The lowest BCUT2D eigenvalue weighted by atomic mass is 9.95. The molecule has 1 aromatic rings. The Morgan fingerprint density at radius 3 is 2.62 bits per heavy atom. The van der Waals surface area contributed by atoms with Gasteiger partial charge in [-0.1, -0.05) is 19.9 Å². The molecule has 0 fully saturated rings. The van der Waals surface area contributed by atoms with Gasteiger partial charge in [0.05, 0.1) is 5.60 Å². The fraction of sp³-hybridized carbons (Fsp3) is 0.588. The number of hydrogen-bond donors (Lipinski definition) is 2. The van der Waals surface area contributed by atoms with E-state index in [0.29, 0.717) is 17.9 Å². The number of carbonyl (C=O) groups is 1. The number of aliphatic hydroxyl groups is 1. The van der Waals surface area contributed by atoms with Crippen molar-refractivity contribution in [3.63, 3.8) is 0 Å². The van der Waals surface area contributed by atoms with E-state index >= 15 is 0 Å². The smallest absolute Gasteiger partial charge is 0.251 e. The third-order valence-corrected chi connectivity index (χ3v) is 3.51. The van der Waals surface area contributed by atoms with Crippen LogP contribution >= 0.6 is 0 Å². The Bertz CT molecular complexity index is 468. The summed E-state index contributed by atoms with van der Waals surface area (Å²) < 4.78 is 0. The normalized spacial score (nSPS) is 13.9. The van der Waals surface area contributed by atoms with Crippen LogP contribution in [0.3, 0.4) is 0 Å². The van der Waals surface area contributed by atoms with E-state index in [1.807, 2.05) is 37.2 Å². The Labute approximate surface area is 128 Å². The Kier molecular flexibility index (Phi) is 6.21. The molecular formula is C17H28N2O2. The monoisotopic (exact) mass is 292 g/mol. The fourth-order valence-electron chi connectivity index (χ4n) is 1.99. The van der Waals surface area contributed by atoms with Gasteiger partial charge >= 0.3 is 0 Å². The number of hydrogen-bond acceptors (Lipinski definition) is 3. The number of amides is 1. The van der Waals surface area contributed by atoms with E-state index in [4.69, 9.17) is 0 Å². The zero-order valence-corrected chi connectivity index (χ0v) is 13.8. The molecule has 1 rings (SSSR count). The number of nitrogens with zero attached hydrogens (tertiary/aromatic N) is 1. The quantitative estimate of drug-likeness (QED) is 0.812. The van der Waals surface area contributed by atoms with Crippen molar-refractivity contribution < 1.29 is 9.90 Å². The average molecular weight is 292 g/mol. The molecule has 1 amide bonds. The van der Waals surface area contributed by atoms with E-state index < -0.39 is 5.60 Å². The maximum atomic E-state index is 12.2. The standard InChI is InChI=1S/C17H28N2O2/c1-13(2)9-10-17(3,21)12-18-16(20)14-7-6-8-15(11-14)19(4)5/h6-8,11,13,21H,9-10,12H2,1-5H3,(H,18,20). The Hall–Kier alpha value is -1.55. The first-order valence-corrected chi connectivity index (χ1v) is 7.49. The summed E-state index contributed by atoms with van der Waals surface area (Å²) in [5.41, 5.74) is 0.731. The van der Waals surface area contributed by atoms with Crippen LogP contribution < -0.4 is 10.2 Å². The first kappa shape index (κ1) is 17.5. The van der Waals surface area contributed by atoms with Crippen molar-refractivity contribution in [1.29, 1.82) is 0 Å². The van der Waals surface area contributed by atoms with Gasteiger partial charge in [0.2, 0.25) is 0 Å². The molecule has 2 N–H and O–H groups in total. The van der Waals surface area contributed by atoms with Gasteiger partial charge in [-0.3, -0.25) is 4.79 Å². The highest BCUT2D eigenvalue weighted by molar-refractivity contribution is 5.95. The number of nitrogens with one attached hydrogen (secondary N) is 1. The highest BCUT2D eigenvalue weighted by Gasteiger charge is 2.21. The highest BCUT2D eigenvalue weighted by atomic mass is 16.3. The molecule has 1 aromatic carbocycles. The first-order chi connectivity index (χ1) is 9.71. The van der Waals surface area contributed by atoms with Crippen LogP contribution in [0.25, 0.3) is 0 Å². The Morgan fingerprint density at radius 2 is 2.05 bits per heavy atom. The van der Waals surface area contributed by atoms with Crippen molar-refractivity contribution in [3.8, 4) is 0 Å². The van der Waals surface area contributed by atoms with Crippen LogP contribution in [0.5, 0.6) is 0 Å². The minimum atomic E-state index is -0.862. The third-order valence-electron chi connectivity index (χ3n) is 3.51. The molecule has 0 radical (unpaired) electrons. The molecule has 4 heteroatoms. The van der Waals surface area contributed by atoms with Gasteiger partial charge in [0.25, 0.3) is 5.91 Å². The molecule has 4 nitrogen and oxygen atoms in total. The second-order valence-electron chi connectivity index (χ2n) is 6.56. The van der Waals surface area contributed by atoms with Crippen LogP contribution in [0.2, 0.25) is 0 Å². The summed E-state index contributed by atoms with van der Waals surface area (Å²) in [6.07, 6.45) is 1.63. The van der Waals surface area contributed by atoms with Crippen molar-refractivity contribution in [3.05, 3.63) is 29.8 Å². The van der Waals surface area contributed by atoms with Crippen molar-refractivity contribution in [2.45, 2.75) is 39.2 Å². The molecule has 0 bridgehead atoms. The molecule has 21 heavy (non-hydrogen) atoms. The van der Waals surface area contributed by atoms with Crippen molar-refractivity contribution in [2.75, 3.05) is 25.5 Å². The lowest BCUT2D eigenvalue weighted by molar-refractivity contribution is 0.0429. The summed E-state index contributed by atoms with van der Waals surface area (Å²) in [7, 11) is 3.88. The molecule has 1 atom stereocenters. The average Bonchev–Trinajstić information content (AvgIpc) is 2.43. The van der Waals surface area contributed by atoms with Crippen LogP contribution in [0, 0.1) is 5.92 Å². The van der Waals surface area contributed by atoms with Gasteiger partial charge in [0.1, 0.15) is 0 Å². The second-order valence-corrected chi connectivity index (χ2v) is 6.56.